The summed E-state index contributed by atoms with van der Waals surface area (Å²) in [6.45, 7) is 8.60. The molecule has 0 bridgehead atoms. The molecule has 1 aromatic heterocycles. The van der Waals surface area contributed by atoms with E-state index >= 15 is 0 Å². The van der Waals surface area contributed by atoms with E-state index in [1.165, 1.54) is 0 Å². The Balaban J connectivity index is 2.18. The van der Waals surface area contributed by atoms with Crippen LogP contribution in [-0.4, -0.2) is 55.1 Å². The van der Waals surface area contributed by atoms with Crippen LogP contribution in [0, 0.1) is 5.92 Å². The molecule has 0 unspecified atom stereocenters. The zero-order valence-corrected chi connectivity index (χ0v) is 12.5. The van der Waals surface area contributed by atoms with Crippen molar-refractivity contribution in [3.8, 4) is 0 Å². The van der Waals surface area contributed by atoms with Crippen molar-refractivity contribution in [1.29, 1.82) is 0 Å². The molecule has 0 atom stereocenters. The Morgan fingerprint density at radius 3 is 2.47 bits per heavy atom. The predicted molar refractivity (Wildman–Crippen MR) is 79.8 cm³/mol. The Kier molecular flexibility index (Phi) is 4.58. The van der Waals surface area contributed by atoms with Crippen LogP contribution in [0.4, 0.5) is 11.8 Å². The van der Waals surface area contributed by atoms with Crippen molar-refractivity contribution < 1.29 is 0 Å². The third-order valence-electron chi connectivity index (χ3n) is 3.43. The molecular weight excluding hydrogens is 238 g/mol. The van der Waals surface area contributed by atoms with Gasteiger partial charge in [-0.15, -0.1) is 0 Å². The molecule has 5 nitrogen and oxygen atoms in total. The Hall–Kier alpha value is -1.36. The monoisotopic (exact) mass is 263 g/mol. The molecule has 0 saturated carbocycles. The van der Waals surface area contributed by atoms with Crippen LogP contribution in [0.5, 0.6) is 0 Å². The number of piperazine rings is 1. The minimum absolute atomic E-state index is 0.611. The van der Waals surface area contributed by atoms with Crippen LogP contribution in [-0.2, 0) is 6.42 Å². The summed E-state index contributed by atoms with van der Waals surface area (Å²) in [5.74, 6) is 2.40. The lowest BCUT2D eigenvalue weighted by Gasteiger charge is -2.32. The van der Waals surface area contributed by atoms with E-state index in [0.29, 0.717) is 5.92 Å². The zero-order chi connectivity index (χ0) is 13.8. The molecule has 1 saturated heterocycles. The first kappa shape index (κ1) is 14.1. The van der Waals surface area contributed by atoms with Gasteiger partial charge in [-0.1, -0.05) is 13.8 Å². The highest BCUT2D eigenvalue weighted by atomic mass is 15.3. The van der Waals surface area contributed by atoms with Crippen molar-refractivity contribution in [2.75, 3.05) is 50.5 Å². The van der Waals surface area contributed by atoms with Gasteiger partial charge in [-0.2, -0.15) is 4.98 Å². The third-order valence-corrected chi connectivity index (χ3v) is 3.43. The number of aromatic nitrogens is 2. The SMILES string of the molecule is CNc1cc(CC(C)C)nc(N2CCN(C)CC2)n1. The lowest BCUT2D eigenvalue weighted by Crippen LogP contribution is -2.45. The molecule has 2 rings (SSSR count). The molecular formula is C14H25N5. The van der Waals surface area contributed by atoms with E-state index in [1.54, 1.807) is 0 Å². The van der Waals surface area contributed by atoms with Gasteiger partial charge in [0.25, 0.3) is 0 Å². The quantitative estimate of drug-likeness (QED) is 0.891. The van der Waals surface area contributed by atoms with Gasteiger partial charge in [0.2, 0.25) is 5.95 Å². The van der Waals surface area contributed by atoms with Crippen LogP contribution in [0.15, 0.2) is 6.07 Å². The van der Waals surface area contributed by atoms with Crippen LogP contribution in [0.2, 0.25) is 0 Å². The molecule has 1 aliphatic rings. The first-order valence-electron chi connectivity index (χ1n) is 7.07. The number of rotatable bonds is 4. The average Bonchev–Trinajstić information content (AvgIpc) is 2.38. The molecule has 5 heteroatoms. The summed E-state index contributed by atoms with van der Waals surface area (Å²) in [6, 6.07) is 2.06. The van der Waals surface area contributed by atoms with Crippen molar-refractivity contribution in [2.24, 2.45) is 5.92 Å². The highest BCUT2D eigenvalue weighted by molar-refractivity contribution is 5.43. The average molecular weight is 263 g/mol. The molecule has 1 fully saturated rings. The van der Waals surface area contributed by atoms with E-state index in [0.717, 1.165) is 50.1 Å². The summed E-state index contributed by atoms with van der Waals surface area (Å²) >= 11 is 0. The van der Waals surface area contributed by atoms with E-state index in [-0.39, 0.29) is 0 Å². The summed E-state index contributed by atoms with van der Waals surface area (Å²) in [6.07, 6.45) is 0.998. The van der Waals surface area contributed by atoms with Gasteiger partial charge in [-0.3, -0.25) is 0 Å². The minimum atomic E-state index is 0.611. The van der Waals surface area contributed by atoms with E-state index in [1.807, 2.05) is 7.05 Å². The van der Waals surface area contributed by atoms with Gasteiger partial charge in [0, 0.05) is 45.0 Å². The highest BCUT2D eigenvalue weighted by Gasteiger charge is 2.17. The molecule has 106 valence electrons. The highest BCUT2D eigenvalue weighted by Crippen LogP contribution is 2.17. The number of nitrogens with one attached hydrogen (secondary N) is 1. The van der Waals surface area contributed by atoms with E-state index < -0.39 is 0 Å². The fourth-order valence-electron chi connectivity index (χ4n) is 2.28. The van der Waals surface area contributed by atoms with E-state index in [2.05, 4.69) is 47.1 Å². The van der Waals surface area contributed by atoms with Crippen molar-refractivity contribution in [1.82, 2.24) is 14.9 Å². The predicted octanol–water partition coefficient (Wildman–Crippen LogP) is 1.47. The summed E-state index contributed by atoms with van der Waals surface area (Å²) in [5, 5.41) is 3.14. The van der Waals surface area contributed by atoms with Gasteiger partial charge in [-0.25, -0.2) is 4.98 Å². The summed E-state index contributed by atoms with van der Waals surface area (Å²) in [5.41, 5.74) is 1.13. The summed E-state index contributed by atoms with van der Waals surface area (Å²) in [7, 11) is 4.07. The molecule has 1 aromatic rings. The maximum atomic E-state index is 4.73. The summed E-state index contributed by atoms with van der Waals surface area (Å²) in [4.78, 5) is 13.9. The van der Waals surface area contributed by atoms with Crippen LogP contribution in [0.1, 0.15) is 19.5 Å². The second-order valence-electron chi connectivity index (χ2n) is 5.68. The zero-order valence-electron chi connectivity index (χ0n) is 12.5. The van der Waals surface area contributed by atoms with Crippen molar-refractivity contribution in [3.63, 3.8) is 0 Å². The van der Waals surface area contributed by atoms with Gasteiger partial charge in [0.15, 0.2) is 0 Å². The summed E-state index contributed by atoms with van der Waals surface area (Å²) < 4.78 is 0. The molecule has 0 radical (unpaired) electrons. The first-order chi connectivity index (χ1) is 9.08. The smallest absolute Gasteiger partial charge is 0.227 e. The van der Waals surface area contributed by atoms with Crippen molar-refractivity contribution in [3.05, 3.63) is 11.8 Å². The van der Waals surface area contributed by atoms with Gasteiger partial charge in [0.05, 0.1) is 0 Å². The number of likely N-dealkylation sites (N-methyl/N-ethyl adjacent to an activating group) is 1. The van der Waals surface area contributed by atoms with Crippen LogP contribution < -0.4 is 10.2 Å². The number of hydrogen-bond acceptors (Lipinski definition) is 5. The van der Waals surface area contributed by atoms with Gasteiger partial charge < -0.3 is 15.1 Å². The molecule has 19 heavy (non-hydrogen) atoms. The van der Waals surface area contributed by atoms with Gasteiger partial charge in [-0.05, 0) is 19.4 Å². The molecule has 2 heterocycles. The lowest BCUT2D eigenvalue weighted by atomic mass is 10.1. The van der Waals surface area contributed by atoms with Crippen molar-refractivity contribution in [2.45, 2.75) is 20.3 Å². The fourth-order valence-corrected chi connectivity index (χ4v) is 2.28. The molecule has 1 N–H and O–H groups in total. The van der Waals surface area contributed by atoms with E-state index in [4.69, 9.17) is 4.98 Å². The largest absolute Gasteiger partial charge is 0.373 e. The molecule has 1 aliphatic heterocycles. The van der Waals surface area contributed by atoms with Gasteiger partial charge in [0.1, 0.15) is 5.82 Å². The second-order valence-corrected chi connectivity index (χ2v) is 5.68. The molecule has 0 spiro atoms. The number of hydrogen-bond donors (Lipinski definition) is 1. The molecule has 0 aromatic carbocycles. The first-order valence-corrected chi connectivity index (χ1v) is 7.07. The fraction of sp³-hybridized carbons (Fsp3) is 0.714. The van der Waals surface area contributed by atoms with Crippen LogP contribution >= 0.6 is 0 Å². The standard InChI is InChI=1S/C14H25N5/c1-11(2)9-12-10-13(15-3)17-14(16-12)19-7-5-18(4)6-8-19/h10-11H,5-9H2,1-4H3,(H,15,16,17). The maximum Gasteiger partial charge on any atom is 0.227 e. The third kappa shape index (κ3) is 3.80. The Morgan fingerprint density at radius 2 is 1.89 bits per heavy atom. The topological polar surface area (TPSA) is 44.3 Å². The second kappa shape index (κ2) is 6.19. The Morgan fingerprint density at radius 1 is 1.21 bits per heavy atom. The number of anilines is 2. The normalized spacial score (nSPS) is 17.0. The van der Waals surface area contributed by atoms with E-state index in [9.17, 15) is 0 Å². The number of nitrogens with zero attached hydrogens (tertiary/aromatic N) is 4. The molecule has 0 aliphatic carbocycles. The van der Waals surface area contributed by atoms with Gasteiger partial charge >= 0.3 is 0 Å². The Labute approximate surface area is 116 Å². The maximum absolute atomic E-state index is 4.73. The minimum Gasteiger partial charge on any atom is -0.373 e. The van der Waals surface area contributed by atoms with Crippen molar-refractivity contribution >= 4 is 11.8 Å². The van der Waals surface area contributed by atoms with Crippen LogP contribution in [0.3, 0.4) is 0 Å². The Bertz CT molecular complexity index is 410. The van der Waals surface area contributed by atoms with Crippen LogP contribution in [0.25, 0.3) is 0 Å². The lowest BCUT2D eigenvalue weighted by molar-refractivity contribution is 0.311. The molecule has 0 amide bonds.